The first-order valence-corrected chi connectivity index (χ1v) is 9.34. The van der Waals surface area contributed by atoms with Crippen LogP contribution in [0.4, 0.5) is 5.13 Å². The van der Waals surface area contributed by atoms with Crippen LogP contribution in [0.5, 0.6) is 5.75 Å². The highest BCUT2D eigenvalue weighted by Gasteiger charge is 2.24. The topological polar surface area (TPSA) is 58.8 Å². The van der Waals surface area contributed by atoms with Crippen molar-refractivity contribution in [2.75, 3.05) is 39.2 Å². The molecular formula is C18H21Cl2N3O3S. The van der Waals surface area contributed by atoms with Gasteiger partial charge in [-0.05, 0) is 51.3 Å². The van der Waals surface area contributed by atoms with Gasteiger partial charge in [-0.25, -0.2) is 4.98 Å². The third-order valence-corrected chi connectivity index (χ3v) is 5.40. The molecule has 2 aromatic heterocycles. The molecule has 27 heavy (non-hydrogen) atoms. The molecule has 2 heterocycles. The number of ether oxygens (including phenoxy) is 1. The highest BCUT2D eigenvalue weighted by molar-refractivity contribution is 7.23. The average Bonchev–Trinajstić information content (AvgIpc) is 3.28. The molecule has 1 aromatic carbocycles. The van der Waals surface area contributed by atoms with Crippen molar-refractivity contribution >= 4 is 56.6 Å². The van der Waals surface area contributed by atoms with Crippen molar-refractivity contribution in [3.05, 3.63) is 41.3 Å². The predicted octanol–water partition coefficient (Wildman–Crippen LogP) is 4.57. The van der Waals surface area contributed by atoms with Crippen molar-refractivity contribution in [2.45, 2.75) is 6.42 Å². The number of methoxy groups -OCH3 is 1. The van der Waals surface area contributed by atoms with Crippen LogP contribution in [0.2, 0.25) is 5.02 Å². The second-order valence-corrected chi connectivity index (χ2v) is 7.40. The van der Waals surface area contributed by atoms with E-state index in [1.807, 2.05) is 14.1 Å². The van der Waals surface area contributed by atoms with E-state index in [1.54, 1.807) is 36.3 Å². The van der Waals surface area contributed by atoms with Gasteiger partial charge < -0.3 is 14.1 Å². The molecule has 0 saturated heterocycles. The Morgan fingerprint density at radius 3 is 2.70 bits per heavy atom. The summed E-state index contributed by atoms with van der Waals surface area (Å²) >= 11 is 7.69. The number of anilines is 1. The molecule has 3 aromatic rings. The molecule has 6 nitrogen and oxygen atoms in total. The summed E-state index contributed by atoms with van der Waals surface area (Å²) in [6.07, 6.45) is 2.30. The van der Waals surface area contributed by atoms with Crippen LogP contribution in [0.25, 0.3) is 10.2 Å². The van der Waals surface area contributed by atoms with Crippen LogP contribution in [0.3, 0.4) is 0 Å². The minimum Gasteiger partial charge on any atom is -0.494 e. The van der Waals surface area contributed by atoms with Gasteiger partial charge in [-0.3, -0.25) is 9.69 Å². The fourth-order valence-electron chi connectivity index (χ4n) is 2.58. The van der Waals surface area contributed by atoms with Crippen molar-refractivity contribution in [1.82, 2.24) is 9.88 Å². The van der Waals surface area contributed by atoms with Gasteiger partial charge in [0.2, 0.25) is 0 Å². The van der Waals surface area contributed by atoms with E-state index >= 15 is 0 Å². The molecule has 1 amide bonds. The first-order valence-electron chi connectivity index (χ1n) is 8.14. The van der Waals surface area contributed by atoms with Gasteiger partial charge in [-0.15, -0.1) is 12.4 Å². The monoisotopic (exact) mass is 429 g/mol. The van der Waals surface area contributed by atoms with E-state index < -0.39 is 0 Å². The van der Waals surface area contributed by atoms with Crippen LogP contribution in [-0.4, -0.2) is 50.1 Å². The summed E-state index contributed by atoms with van der Waals surface area (Å²) in [6.45, 7) is 1.38. The summed E-state index contributed by atoms with van der Waals surface area (Å²) < 4.78 is 11.5. The number of hydrogen-bond acceptors (Lipinski definition) is 6. The zero-order valence-corrected chi connectivity index (χ0v) is 17.7. The predicted molar refractivity (Wildman–Crippen MR) is 112 cm³/mol. The SMILES string of the molecule is COc1ccc(Cl)c2sc(N(CCCN(C)C)C(=O)c3ccco3)nc12.Cl. The van der Waals surface area contributed by atoms with Gasteiger partial charge in [0.1, 0.15) is 11.3 Å². The van der Waals surface area contributed by atoms with Crippen molar-refractivity contribution in [3.8, 4) is 5.75 Å². The van der Waals surface area contributed by atoms with Crippen LogP contribution >= 0.6 is 35.3 Å². The summed E-state index contributed by atoms with van der Waals surface area (Å²) in [6, 6.07) is 6.90. The lowest BCUT2D eigenvalue weighted by molar-refractivity contribution is 0.0959. The van der Waals surface area contributed by atoms with Crippen molar-refractivity contribution in [3.63, 3.8) is 0 Å². The number of fused-ring (bicyclic) bond motifs is 1. The highest BCUT2D eigenvalue weighted by atomic mass is 35.5. The zero-order valence-electron chi connectivity index (χ0n) is 15.3. The number of rotatable bonds is 7. The molecule has 0 aliphatic carbocycles. The number of aromatic nitrogens is 1. The van der Waals surface area contributed by atoms with E-state index in [-0.39, 0.29) is 24.1 Å². The maximum atomic E-state index is 12.9. The number of halogens is 2. The Hall–Kier alpha value is -1.80. The molecule has 0 fully saturated rings. The summed E-state index contributed by atoms with van der Waals surface area (Å²) in [5.41, 5.74) is 0.657. The maximum absolute atomic E-state index is 12.9. The van der Waals surface area contributed by atoms with Gasteiger partial charge in [0.15, 0.2) is 10.9 Å². The van der Waals surface area contributed by atoms with E-state index in [1.165, 1.54) is 17.6 Å². The van der Waals surface area contributed by atoms with Gasteiger partial charge >= 0.3 is 0 Å². The molecule has 0 atom stereocenters. The standard InChI is InChI=1S/C18H20ClN3O3S.ClH/c1-21(2)9-5-10-22(17(23)14-6-4-11-25-14)18-20-15-13(24-3)8-7-12(19)16(15)26-18;/h4,6-8,11H,5,9-10H2,1-3H3;1H. The first kappa shape index (κ1) is 21.5. The van der Waals surface area contributed by atoms with Gasteiger partial charge in [-0.2, -0.15) is 0 Å². The van der Waals surface area contributed by atoms with Crippen LogP contribution in [-0.2, 0) is 0 Å². The lowest BCUT2D eigenvalue weighted by Gasteiger charge is -2.19. The molecule has 0 aliphatic rings. The fourth-order valence-corrected chi connectivity index (χ4v) is 3.86. The Labute approximate surface area is 173 Å². The molecule has 0 aliphatic heterocycles. The van der Waals surface area contributed by atoms with Gasteiger partial charge in [0, 0.05) is 6.54 Å². The zero-order chi connectivity index (χ0) is 18.7. The number of nitrogens with zero attached hydrogens (tertiary/aromatic N) is 3. The number of furan rings is 1. The molecule has 0 saturated carbocycles. The second kappa shape index (κ2) is 9.41. The molecule has 0 spiro atoms. The van der Waals surface area contributed by atoms with E-state index in [2.05, 4.69) is 9.88 Å². The van der Waals surface area contributed by atoms with Crippen molar-refractivity contribution in [2.24, 2.45) is 0 Å². The largest absolute Gasteiger partial charge is 0.494 e. The van der Waals surface area contributed by atoms with Crippen LogP contribution in [0.15, 0.2) is 34.9 Å². The highest BCUT2D eigenvalue weighted by Crippen LogP contribution is 2.39. The number of hydrogen-bond donors (Lipinski definition) is 0. The Morgan fingerprint density at radius 1 is 1.30 bits per heavy atom. The van der Waals surface area contributed by atoms with Gasteiger partial charge in [0.25, 0.3) is 5.91 Å². The first-order chi connectivity index (χ1) is 12.5. The molecule has 9 heteroatoms. The van der Waals surface area contributed by atoms with E-state index in [9.17, 15) is 4.79 Å². The Balaban J connectivity index is 0.00000261. The van der Waals surface area contributed by atoms with Crippen molar-refractivity contribution in [1.29, 1.82) is 0 Å². The summed E-state index contributed by atoms with van der Waals surface area (Å²) in [5.74, 6) is 0.695. The quantitative estimate of drug-likeness (QED) is 0.550. The summed E-state index contributed by atoms with van der Waals surface area (Å²) in [4.78, 5) is 21.3. The smallest absolute Gasteiger partial charge is 0.295 e. The minimum absolute atomic E-state index is 0. The summed E-state index contributed by atoms with van der Waals surface area (Å²) in [7, 11) is 5.59. The molecular weight excluding hydrogens is 409 g/mol. The molecule has 0 N–H and O–H groups in total. The van der Waals surface area contributed by atoms with Gasteiger partial charge in [0.05, 0.1) is 23.1 Å². The molecule has 0 unspecified atom stereocenters. The number of thiazole rings is 1. The number of amides is 1. The molecule has 0 radical (unpaired) electrons. The lowest BCUT2D eigenvalue weighted by atomic mass is 10.3. The van der Waals surface area contributed by atoms with Crippen LogP contribution < -0.4 is 9.64 Å². The maximum Gasteiger partial charge on any atom is 0.295 e. The van der Waals surface area contributed by atoms with E-state index in [4.69, 9.17) is 20.8 Å². The third kappa shape index (κ3) is 4.73. The number of benzene rings is 1. The normalized spacial score (nSPS) is 10.9. The van der Waals surface area contributed by atoms with Crippen LogP contribution in [0, 0.1) is 0 Å². The molecule has 3 rings (SSSR count). The van der Waals surface area contributed by atoms with E-state index in [0.717, 1.165) is 17.7 Å². The fraction of sp³-hybridized carbons (Fsp3) is 0.333. The Morgan fingerprint density at radius 2 is 2.07 bits per heavy atom. The Kier molecular flexibility index (Phi) is 7.49. The van der Waals surface area contributed by atoms with Gasteiger partial charge in [-0.1, -0.05) is 22.9 Å². The molecule has 0 bridgehead atoms. The number of carbonyl (C=O) groups excluding carboxylic acids is 1. The average molecular weight is 430 g/mol. The minimum atomic E-state index is -0.220. The Bertz CT molecular complexity index is 897. The lowest BCUT2D eigenvalue weighted by Crippen LogP contribution is -2.33. The number of carbonyl (C=O) groups is 1. The van der Waals surface area contributed by atoms with E-state index in [0.29, 0.717) is 28.0 Å². The third-order valence-electron chi connectivity index (χ3n) is 3.86. The van der Waals surface area contributed by atoms with Crippen LogP contribution in [0.1, 0.15) is 17.0 Å². The molecule has 146 valence electrons. The second-order valence-electron chi connectivity index (χ2n) is 6.01. The van der Waals surface area contributed by atoms with Crippen molar-refractivity contribution < 1.29 is 13.9 Å². The summed E-state index contributed by atoms with van der Waals surface area (Å²) in [5, 5.41) is 1.16.